The minimum Gasteiger partial charge on any atom is -0.469 e. The van der Waals surface area contributed by atoms with E-state index >= 15 is 0 Å². The zero-order valence-corrected chi connectivity index (χ0v) is 14.3. The van der Waals surface area contributed by atoms with Gasteiger partial charge in [0.2, 0.25) is 5.91 Å². The molecule has 5 heteroatoms. The number of primary amides is 1. The van der Waals surface area contributed by atoms with Gasteiger partial charge in [-0.2, -0.15) is 0 Å². The van der Waals surface area contributed by atoms with E-state index in [4.69, 9.17) is 0 Å². The van der Waals surface area contributed by atoms with Crippen LogP contribution in [0, 0.1) is 0 Å². The average molecular weight is 321 g/mol. The van der Waals surface area contributed by atoms with Gasteiger partial charge in [0.1, 0.15) is 0 Å². The van der Waals surface area contributed by atoms with Crippen molar-refractivity contribution < 1.29 is 19.1 Å². The van der Waals surface area contributed by atoms with Gasteiger partial charge >= 0.3 is 5.97 Å². The highest BCUT2D eigenvalue weighted by Gasteiger charge is 2.06. The lowest BCUT2D eigenvalue weighted by Gasteiger charge is -2.03. The van der Waals surface area contributed by atoms with Crippen LogP contribution in [0.2, 0.25) is 0 Å². The van der Waals surface area contributed by atoms with E-state index in [1.54, 1.807) is 0 Å². The third kappa shape index (κ3) is 11.1. The van der Waals surface area contributed by atoms with E-state index in [0.717, 1.165) is 30.4 Å². The van der Waals surface area contributed by atoms with Crippen LogP contribution in [-0.4, -0.2) is 24.8 Å². The van der Waals surface area contributed by atoms with E-state index in [1.165, 1.54) is 14.0 Å². The SMILES string of the molecule is CC(N)=O.CCCCCC(=O)c1ccc(CCC(=O)OC)cc1. The Morgan fingerprint density at radius 1 is 1.04 bits per heavy atom. The van der Waals surface area contributed by atoms with Crippen molar-refractivity contribution in [3.63, 3.8) is 0 Å². The molecule has 0 bridgehead atoms. The summed E-state index contributed by atoms with van der Waals surface area (Å²) in [5.41, 5.74) is 6.29. The highest BCUT2D eigenvalue weighted by molar-refractivity contribution is 5.96. The number of methoxy groups -OCH3 is 1. The molecule has 128 valence electrons. The normalized spacial score (nSPS) is 9.52. The van der Waals surface area contributed by atoms with E-state index in [2.05, 4.69) is 17.4 Å². The van der Waals surface area contributed by atoms with Gasteiger partial charge in [-0.05, 0) is 18.4 Å². The van der Waals surface area contributed by atoms with Gasteiger partial charge in [0.15, 0.2) is 5.78 Å². The van der Waals surface area contributed by atoms with Crippen molar-refractivity contribution >= 4 is 17.7 Å². The number of ether oxygens (including phenoxy) is 1. The van der Waals surface area contributed by atoms with Crippen LogP contribution in [-0.2, 0) is 20.7 Å². The molecule has 0 fully saturated rings. The smallest absolute Gasteiger partial charge is 0.305 e. The van der Waals surface area contributed by atoms with E-state index in [0.29, 0.717) is 19.3 Å². The summed E-state index contributed by atoms with van der Waals surface area (Å²) in [5.74, 6) is -0.340. The van der Waals surface area contributed by atoms with Crippen LogP contribution in [0.1, 0.15) is 61.9 Å². The van der Waals surface area contributed by atoms with E-state index in [9.17, 15) is 14.4 Å². The summed E-state index contributed by atoms with van der Waals surface area (Å²) in [4.78, 5) is 32.1. The van der Waals surface area contributed by atoms with Crippen LogP contribution in [0.4, 0.5) is 0 Å². The first-order valence-electron chi connectivity index (χ1n) is 7.85. The number of nitrogens with two attached hydrogens (primary N) is 1. The Morgan fingerprint density at radius 3 is 2.09 bits per heavy atom. The number of carbonyl (C=O) groups is 3. The number of unbranched alkanes of at least 4 members (excludes halogenated alkanes) is 2. The van der Waals surface area contributed by atoms with Crippen LogP contribution in [0.15, 0.2) is 24.3 Å². The standard InChI is InChI=1S/C16H22O3.C2H5NO/c1-3-4-5-6-15(17)14-10-7-13(8-11-14)9-12-16(18)19-2;1-2(3)4/h7-8,10-11H,3-6,9,12H2,1-2H3;1H3,(H2,3,4). The van der Waals surface area contributed by atoms with Crippen molar-refractivity contribution in [2.75, 3.05) is 7.11 Å². The predicted molar refractivity (Wildman–Crippen MR) is 90.1 cm³/mol. The van der Waals surface area contributed by atoms with Gasteiger partial charge in [-0.3, -0.25) is 14.4 Å². The molecular weight excluding hydrogens is 294 g/mol. The third-order valence-corrected chi connectivity index (χ3v) is 3.13. The second-order valence-corrected chi connectivity index (χ2v) is 5.26. The number of hydrogen-bond acceptors (Lipinski definition) is 4. The predicted octanol–water partition coefficient (Wildman–Crippen LogP) is 3.05. The number of rotatable bonds is 8. The number of carbonyl (C=O) groups excluding carboxylic acids is 3. The molecule has 0 aliphatic carbocycles. The van der Waals surface area contributed by atoms with Gasteiger partial charge in [-0.1, -0.05) is 44.0 Å². The Balaban J connectivity index is 0.00000108. The highest BCUT2D eigenvalue weighted by atomic mass is 16.5. The van der Waals surface area contributed by atoms with Gasteiger partial charge in [0.05, 0.1) is 7.11 Å². The maximum atomic E-state index is 11.9. The molecule has 1 rings (SSSR count). The summed E-state index contributed by atoms with van der Waals surface area (Å²) in [7, 11) is 1.39. The van der Waals surface area contributed by atoms with Gasteiger partial charge in [0.25, 0.3) is 0 Å². The number of Topliss-reactive ketones (excluding diaryl/α,β-unsaturated/α-hetero) is 1. The summed E-state index contributed by atoms with van der Waals surface area (Å²) in [5, 5.41) is 0. The number of esters is 1. The summed E-state index contributed by atoms with van der Waals surface area (Å²) in [6.07, 6.45) is 4.83. The van der Waals surface area contributed by atoms with Gasteiger partial charge in [0, 0.05) is 25.3 Å². The molecule has 0 unspecified atom stereocenters. The second-order valence-electron chi connectivity index (χ2n) is 5.26. The first-order valence-corrected chi connectivity index (χ1v) is 7.85. The van der Waals surface area contributed by atoms with Crippen LogP contribution in [0.25, 0.3) is 0 Å². The number of hydrogen-bond donors (Lipinski definition) is 1. The van der Waals surface area contributed by atoms with Crippen molar-refractivity contribution in [1.29, 1.82) is 0 Å². The lowest BCUT2D eigenvalue weighted by atomic mass is 10.0. The molecule has 0 aliphatic rings. The van der Waals surface area contributed by atoms with Crippen molar-refractivity contribution in [2.24, 2.45) is 5.73 Å². The minimum atomic E-state index is -0.333. The molecule has 23 heavy (non-hydrogen) atoms. The van der Waals surface area contributed by atoms with E-state index in [-0.39, 0.29) is 17.7 Å². The average Bonchev–Trinajstić information content (AvgIpc) is 2.52. The molecule has 0 aliphatic heterocycles. The number of benzene rings is 1. The van der Waals surface area contributed by atoms with Crippen molar-refractivity contribution in [1.82, 2.24) is 0 Å². The molecule has 5 nitrogen and oxygen atoms in total. The summed E-state index contributed by atoms with van der Waals surface area (Å²) in [6.45, 7) is 3.43. The highest BCUT2D eigenvalue weighted by Crippen LogP contribution is 2.11. The number of amides is 1. The second kappa shape index (κ2) is 12.4. The number of aryl methyl sites for hydroxylation is 1. The van der Waals surface area contributed by atoms with Crippen molar-refractivity contribution in [2.45, 2.75) is 52.4 Å². The fraction of sp³-hybridized carbons (Fsp3) is 0.500. The third-order valence-electron chi connectivity index (χ3n) is 3.13. The maximum Gasteiger partial charge on any atom is 0.305 e. The molecule has 0 saturated heterocycles. The zero-order chi connectivity index (χ0) is 17.7. The largest absolute Gasteiger partial charge is 0.469 e. The molecule has 0 radical (unpaired) electrons. The zero-order valence-electron chi connectivity index (χ0n) is 14.3. The quantitative estimate of drug-likeness (QED) is 0.453. The number of ketones is 1. The van der Waals surface area contributed by atoms with Crippen LogP contribution in [0.3, 0.4) is 0 Å². The molecule has 0 atom stereocenters. The lowest BCUT2D eigenvalue weighted by Crippen LogP contribution is -2.02. The first kappa shape index (κ1) is 20.8. The summed E-state index contributed by atoms with van der Waals surface area (Å²) in [6, 6.07) is 7.52. The topological polar surface area (TPSA) is 86.5 Å². The van der Waals surface area contributed by atoms with Crippen LogP contribution in [0.5, 0.6) is 0 Å². The molecule has 2 N–H and O–H groups in total. The molecule has 0 aromatic heterocycles. The maximum absolute atomic E-state index is 11.9. The Hall–Kier alpha value is -2.17. The fourth-order valence-electron chi connectivity index (χ4n) is 1.89. The Kier molecular flexibility index (Phi) is 11.2. The summed E-state index contributed by atoms with van der Waals surface area (Å²) >= 11 is 0. The Morgan fingerprint density at radius 2 is 1.61 bits per heavy atom. The first-order chi connectivity index (χ1) is 10.9. The van der Waals surface area contributed by atoms with Crippen molar-refractivity contribution in [3.8, 4) is 0 Å². The molecule has 1 amide bonds. The van der Waals surface area contributed by atoms with Crippen LogP contribution < -0.4 is 5.73 Å². The van der Waals surface area contributed by atoms with Gasteiger partial charge < -0.3 is 10.5 Å². The van der Waals surface area contributed by atoms with E-state index in [1.807, 2.05) is 24.3 Å². The Bertz CT molecular complexity index is 490. The van der Waals surface area contributed by atoms with Crippen molar-refractivity contribution in [3.05, 3.63) is 35.4 Å². The molecule has 1 aromatic rings. The van der Waals surface area contributed by atoms with Gasteiger partial charge in [-0.15, -0.1) is 0 Å². The van der Waals surface area contributed by atoms with Crippen LogP contribution >= 0.6 is 0 Å². The molecule has 1 aromatic carbocycles. The van der Waals surface area contributed by atoms with E-state index < -0.39 is 0 Å². The molecule has 0 heterocycles. The molecular formula is C18H27NO4. The molecule has 0 saturated carbocycles. The lowest BCUT2D eigenvalue weighted by molar-refractivity contribution is -0.140. The minimum absolute atomic E-state index is 0.202. The fourth-order valence-corrected chi connectivity index (χ4v) is 1.89. The van der Waals surface area contributed by atoms with Gasteiger partial charge in [-0.25, -0.2) is 0 Å². The summed E-state index contributed by atoms with van der Waals surface area (Å²) < 4.78 is 4.60. The monoisotopic (exact) mass is 321 g/mol. The Labute approximate surface area is 138 Å². The molecule has 0 spiro atoms.